The van der Waals surface area contributed by atoms with Crippen LogP contribution in [0.5, 0.6) is 0 Å². The van der Waals surface area contributed by atoms with Gasteiger partial charge in [0.2, 0.25) is 0 Å². The molecule has 0 aliphatic carbocycles. The van der Waals surface area contributed by atoms with Crippen molar-refractivity contribution in [1.29, 1.82) is 0 Å². The molecule has 0 unspecified atom stereocenters. The van der Waals surface area contributed by atoms with Crippen LogP contribution in [0.1, 0.15) is 18.6 Å². The molecule has 13 heavy (non-hydrogen) atoms. The SMILES string of the molecule is CN[C@H](C)[C@@H](OC)c1ccccc1. The Kier molecular flexibility index (Phi) is 3.93. The van der Waals surface area contributed by atoms with Gasteiger partial charge in [-0.05, 0) is 19.5 Å². The summed E-state index contributed by atoms with van der Waals surface area (Å²) in [6, 6.07) is 10.6. The van der Waals surface area contributed by atoms with E-state index in [0.29, 0.717) is 6.04 Å². The first-order chi connectivity index (χ1) is 6.29. The third kappa shape index (κ3) is 2.54. The maximum absolute atomic E-state index is 5.43. The van der Waals surface area contributed by atoms with Crippen LogP contribution >= 0.6 is 0 Å². The summed E-state index contributed by atoms with van der Waals surface area (Å²) in [6.45, 7) is 2.11. The van der Waals surface area contributed by atoms with Crippen LogP contribution in [0.4, 0.5) is 0 Å². The Morgan fingerprint density at radius 2 is 1.85 bits per heavy atom. The quantitative estimate of drug-likeness (QED) is 0.763. The number of benzene rings is 1. The number of hydrogen-bond donors (Lipinski definition) is 1. The number of nitrogens with one attached hydrogen (secondary N) is 1. The maximum Gasteiger partial charge on any atom is 0.0971 e. The molecule has 1 N–H and O–H groups in total. The van der Waals surface area contributed by atoms with Crippen LogP contribution in [0.3, 0.4) is 0 Å². The summed E-state index contributed by atoms with van der Waals surface area (Å²) >= 11 is 0. The molecule has 72 valence electrons. The van der Waals surface area contributed by atoms with Gasteiger partial charge in [-0.15, -0.1) is 0 Å². The minimum atomic E-state index is 0.131. The zero-order valence-electron chi connectivity index (χ0n) is 8.45. The molecule has 0 heterocycles. The topological polar surface area (TPSA) is 21.3 Å². The molecule has 0 aromatic heterocycles. The van der Waals surface area contributed by atoms with Crippen LogP contribution < -0.4 is 5.32 Å². The number of hydrogen-bond acceptors (Lipinski definition) is 2. The summed E-state index contributed by atoms with van der Waals surface area (Å²) in [5.74, 6) is 0. The van der Waals surface area contributed by atoms with Crippen LogP contribution in [-0.2, 0) is 4.74 Å². The lowest BCUT2D eigenvalue weighted by molar-refractivity contribution is 0.0761. The predicted octanol–water partition coefficient (Wildman–Crippen LogP) is 1.98. The van der Waals surface area contributed by atoms with Gasteiger partial charge in [0.15, 0.2) is 0 Å². The molecule has 0 saturated heterocycles. The number of methoxy groups -OCH3 is 1. The summed E-state index contributed by atoms with van der Waals surface area (Å²) in [5, 5.41) is 3.19. The van der Waals surface area contributed by atoms with E-state index in [1.807, 2.05) is 25.2 Å². The van der Waals surface area contributed by atoms with E-state index < -0.39 is 0 Å². The Hall–Kier alpha value is -0.860. The molecule has 0 amide bonds. The molecule has 0 fully saturated rings. The minimum absolute atomic E-state index is 0.131. The largest absolute Gasteiger partial charge is 0.375 e. The van der Waals surface area contributed by atoms with Gasteiger partial charge in [-0.3, -0.25) is 0 Å². The molecule has 0 aliphatic rings. The predicted molar refractivity (Wildman–Crippen MR) is 54.7 cm³/mol. The molecule has 1 rings (SSSR count). The lowest BCUT2D eigenvalue weighted by Crippen LogP contribution is -2.29. The van der Waals surface area contributed by atoms with E-state index >= 15 is 0 Å². The van der Waals surface area contributed by atoms with E-state index in [9.17, 15) is 0 Å². The van der Waals surface area contributed by atoms with Gasteiger partial charge in [0.05, 0.1) is 6.10 Å². The molecule has 2 nitrogen and oxygen atoms in total. The van der Waals surface area contributed by atoms with Crippen LogP contribution in [0.2, 0.25) is 0 Å². The Morgan fingerprint density at radius 3 is 2.31 bits per heavy atom. The average molecular weight is 179 g/mol. The van der Waals surface area contributed by atoms with E-state index in [0.717, 1.165) is 0 Å². The van der Waals surface area contributed by atoms with Crippen molar-refractivity contribution in [3.05, 3.63) is 35.9 Å². The molecule has 0 radical (unpaired) electrons. The van der Waals surface area contributed by atoms with Crippen LogP contribution in [0, 0.1) is 0 Å². The summed E-state index contributed by atoms with van der Waals surface area (Å²) < 4.78 is 5.43. The first-order valence-electron chi connectivity index (χ1n) is 4.54. The standard InChI is InChI=1S/C11H17NO/c1-9(12-2)11(13-3)10-7-5-4-6-8-10/h4-9,11-12H,1-3H3/t9-,11-/m1/s1. The molecule has 2 heteroatoms. The summed E-state index contributed by atoms with van der Waals surface area (Å²) in [4.78, 5) is 0. The minimum Gasteiger partial charge on any atom is -0.375 e. The Morgan fingerprint density at radius 1 is 1.23 bits per heavy atom. The van der Waals surface area contributed by atoms with Gasteiger partial charge < -0.3 is 10.1 Å². The highest BCUT2D eigenvalue weighted by Gasteiger charge is 2.16. The molecule has 0 aliphatic heterocycles. The van der Waals surface area contributed by atoms with Gasteiger partial charge in [-0.2, -0.15) is 0 Å². The second-order valence-corrected chi connectivity index (χ2v) is 3.14. The first kappa shape index (κ1) is 10.2. The zero-order chi connectivity index (χ0) is 9.68. The van der Waals surface area contributed by atoms with Gasteiger partial charge in [0.25, 0.3) is 0 Å². The highest BCUT2D eigenvalue weighted by atomic mass is 16.5. The summed E-state index contributed by atoms with van der Waals surface area (Å²) in [7, 11) is 3.69. The molecular formula is C11H17NO. The van der Waals surface area contributed by atoms with E-state index in [4.69, 9.17) is 4.74 Å². The highest BCUT2D eigenvalue weighted by molar-refractivity contribution is 5.18. The Bertz CT molecular complexity index is 235. The van der Waals surface area contributed by atoms with E-state index in [2.05, 4.69) is 24.4 Å². The van der Waals surface area contributed by atoms with Gasteiger partial charge in [-0.1, -0.05) is 30.3 Å². The molecule has 0 spiro atoms. The molecule has 2 atom stereocenters. The summed E-state index contributed by atoms with van der Waals surface area (Å²) in [6.07, 6.45) is 0.131. The number of likely N-dealkylation sites (N-methyl/N-ethyl adjacent to an activating group) is 1. The second-order valence-electron chi connectivity index (χ2n) is 3.14. The highest BCUT2D eigenvalue weighted by Crippen LogP contribution is 2.19. The van der Waals surface area contributed by atoms with Crippen molar-refractivity contribution in [3.63, 3.8) is 0 Å². The number of rotatable bonds is 4. The average Bonchev–Trinajstić information content (AvgIpc) is 2.20. The summed E-state index contributed by atoms with van der Waals surface area (Å²) in [5.41, 5.74) is 1.21. The molecule has 1 aromatic carbocycles. The fourth-order valence-electron chi connectivity index (χ4n) is 1.42. The van der Waals surface area contributed by atoms with E-state index in [-0.39, 0.29) is 6.10 Å². The lowest BCUT2D eigenvalue weighted by atomic mass is 10.0. The smallest absolute Gasteiger partial charge is 0.0971 e. The third-order valence-electron chi connectivity index (χ3n) is 2.29. The number of ether oxygens (including phenoxy) is 1. The van der Waals surface area contributed by atoms with Crippen molar-refractivity contribution in [1.82, 2.24) is 5.32 Å². The zero-order valence-corrected chi connectivity index (χ0v) is 8.45. The van der Waals surface area contributed by atoms with Gasteiger partial charge >= 0.3 is 0 Å². The Labute approximate surface area is 79.9 Å². The van der Waals surface area contributed by atoms with Crippen molar-refractivity contribution in [2.45, 2.75) is 19.1 Å². The fraction of sp³-hybridized carbons (Fsp3) is 0.455. The molecule has 1 aromatic rings. The maximum atomic E-state index is 5.43. The van der Waals surface area contributed by atoms with E-state index in [1.54, 1.807) is 7.11 Å². The molecular weight excluding hydrogens is 162 g/mol. The van der Waals surface area contributed by atoms with E-state index in [1.165, 1.54) is 5.56 Å². The first-order valence-corrected chi connectivity index (χ1v) is 4.54. The van der Waals surface area contributed by atoms with Crippen molar-refractivity contribution in [2.24, 2.45) is 0 Å². The van der Waals surface area contributed by atoms with Crippen LogP contribution in [0.25, 0.3) is 0 Å². The normalized spacial score (nSPS) is 15.3. The molecule has 0 bridgehead atoms. The Balaban J connectivity index is 2.78. The van der Waals surface area contributed by atoms with Crippen molar-refractivity contribution < 1.29 is 4.74 Å². The second kappa shape index (κ2) is 5.00. The van der Waals surface area contributed by atoms with Crippen LogP contribution in [-0.4, -0.2) is 20.2 Å². The van der Waals surface area contributed by atoms with Crippen molar-refractivity contribution >= 4 is 0 Å². The monoisotopic (exact) mass is 179 g/mol. The van der Waals surface area contributed by atoms with Crippen LogP contribution in [0.15, 0.2) is 30.3 Å². The van der Waals surface area contributed by atoms with Gasteiger partial charge in [0, 0.05) is 13.2 Å². The van der Waals surface area contributed by atoms with Gasteiger partial charge in [-0.25, -0.2) is 0 Å². The van der Waals surface area contributed by atoms with Crippen molar-refractivity contribution in [3.8, 4) is 0 Å². The van der Waals surface area contributed by atoms with Gasteiger partial charge in [0.1, 0.15) is 0 Å². The molecule has 0 saturated carbocycles. The third-order valence-corrected chi connectivity index (χ3v) is 2.29. The fourth-order valence-corrected chi connectivity index (χ4v) is 1.42. The van der Waals surface area contributed by atoms with Crippen molar-refractivity contribution in [2.75, 3.05) is 14.2 Å². The lowest BCUT2D eigenvalue weighted by Gasteiger charge is -2.22.